The number of anilines is 1. The third kappa shape index (κ3) is 4.13. The molecule has 2 heterocycles. The summed E-state index contributed by atoms with van der Waals surface area (Å²) in [6.07, 6.45) is 2.91. The van der Waals surface area contributed by atoms with Crippen molar-refractivity contribution >= 4 is 34.4 Å². The van der Waals surface area contributed by atoms with E-state index in [0.717, 1.165) is 16.5 Å². The van der Waals surface area contributed by atoms with E-state index in [0.29, 0.717) is 18.7 Å². The van der Waals surface area contributed by atoms with Gasteiger partial charge in [0.2, 0.25) is 5.91 Å². The summed E-state index contributed by atoms with van der Waals surface area (Å²) in [5, 5.41) is 6.57. The van der Waals surface area contributed by atoms with E-state index in [1.165, 1.54) is 4.90 Å². The maximum absolute atomic E-state index is 12.6. The molecule has 1 aliphatic heterocycles. The monoisotopic (exact) mass is 390 g/mol. The SMILES string of the molecule is O=C(CC[C@@H]1NC(=O)N(CCc2c[nH]c3ccccc23)C1=O)Nc1ccccc1. The van der Waals surface area contributed by atoms with Crippen molar-refractivity contribution in [2.24, 2.45) is 0 Å². The Morgan fingerprint density at radius 2 is 1.79 bits per heavy atom. The van der Waals surface area contributed by atoms with Crippen LogP contribution in [-0.4, -0.2) is 40.3 Å². The zero-order valence-electron chi connectivity index (χ0n) is 15.9. The predicted octanol–water partition coefficient (Wildman–Crippen LogP) is 3.05. The zero-order chi connectivity index (χ0) is 20.2. The quantitative estimate of drug-likeness (QED) is 0.541. The van der Waals surface area contributed by atoms with Crippen molar-refractivity contribution in [2.75, 3.05) is 11.9 Å². The summed E-state index contributed by atoms with van der Waals surface area (Å²) in [4.78, 5) is 41.4. The highest BCUT2D eigenvalue weighted by molar-refractivity contribution is 6.04. The van der Waals surface area contributed by atoms with Crippen LogP contribution in [-0.2, 0) is 16.0 Å². The number of nitrogens with zero attached hydrogens (tertiary/aromatic N) is 1. The van der Waals surface area contributed by atoms with Gasteiger partial charge < -0.3 is 15.6 Å². The minimum Gasteiger partial charge on any atom is -0.361 e. The lowest BCUT2D eigenvalue weighted by Crippen LogP contribution is -2.33. The molecule has 29 heavy (non-hydrogen) atoms. The lowest BCUT2D eigenvalue weighted by Gasteiger charge is -2.12. The van der Waals surface area contributed by atoms with Crippen molar-refractivity contribution in [3.63, 3.8) is 0 Å². The fourth-order valence-corrected chi connectivity index (χ4v) is 3.58. The van der Waals surface area contributed by atoms with Crippen molar-refractivity contribution in [3.05, 3.63) is 66.4 Å². The summed E-state index contributed by atoms with van der Waals surface area (Å²) in [6, 6.07) is 16.0. The molecule has 0 spiro atoms. The number of urea groups is 1. The first-order chi connectivity index (χ1) is 14.1. The molecule has 0 radical (unpaired) electrons. The van der Waals surface area contributed by atoms with Gasteiger partial charge in [0.1, 0.15) is 6.04 Å². The van der Waals surface area contributed by atoms with Gasteiger partial charge in [-0.3, -0.25) is 14.5 Å². The van der Waals surface area contributed by atoms with E-state index < -0.39 is 12.1 Å². The Morgan fingerprint density at radius 3 is 2.62 bits per heavy atom. The van der Waals surface area contributed by atoms with Crippen LogP contribution in [0.1, 0.15) is 18.4 Å². The van der Waals surface area contributed by atoms with Crippen LogP contribution in [0.4, 0.5) is 10.5 Å². The number of para-hydroxylation sites is 2. The average molecular weight is 390 g/mol. The Hall–Kier alpha value is -3.61. The van der Waals surface area contributed by atoms with Crippen molar-refractivity contribution in [3.8, 4) is 0 Å². The van der Waals surface area contributed by atoms with E-state index >= 15 is 0 Å². The van der Waals surface area contributed by atoms with E-state index in [-0.39, 0.29) is 24.7 Å². The maximum atomic E-state index is 12.6. The second-order valence-corrected chi connectivity index (χ2v) is 7.05. The average Bonchev–Trinajstić information content (AvgIpc) is 3.26. The third-order valence-corrected chi connectivity index (χ3v) is 5.10. The standard InChI is InChI=1S/C22H22N4O3/c27-20(24-16-6-2-1-3-7-16)11-10-19-21(28)26(22(29)25-19)13-12-15-14-23-18-9-5-4-8-17(15)18/h1-9,14,19,23H,10-13H2,(H,24,27)(H,25,29)/t19-/m0/s1. The normalized spacial score (nSPS) is 16.3. The molecule has 4 rings (SSSR count). The van der Waals surface area contributed by atoms with Crippen LogP contribution in [0.2, 0.25) is 0 Å². The number of aromatic nitrogens is 1. The number of nitrogens with one attached hydrogen (secondary N) is 3. The summed E-state index contributed by atoms with van der Waals surface area (Å²) in [7, 11) is 0. The number of fused-ring (bicyclic) bond motifs is 1. The van der Waals surface area contributed by atoms with Gasteiger partial charge in [-0.25, -0.2) is 4.79 Å². The van der Waals surface area contributed by atoms with Crippen molar-refractivity contribution in [2.45, 2.75) is 25.3 Å². The van der Waals surface area contributed by atoms with Gasteiger partial charge in [-0.1, -0.05) is 36.4 Å². The van der Waals surface area contributed by atoms with E-state index in [1.807, 2.05) is 48.7 Å². The van der Waals surface area contributed by atoms with E-state index in [9.17, 15) is 14.4 Å². The molecule has 0 saturated carbocycles. The molecular formula is C22H22N4O3. The number of hydrogen-bond donors (Lipinski definition) is 3. The maximum Gasteiger partial charge on any atom is 0.324 e. The van der Waals surface area contributed by atoms with Gasteiger partial charge in [-0.15, -0.1) is 0 Å². The Kier molecular flexibility index (Phi) is 5.29. The number of carbonyl (C=O) groups is 3. The van der Waals surface area contributed by atoms with Gasteiger partial charge >= 0.3 is 6.03 Å². The van der Waals surface area contributed by atoms with Gasteiger partial charge in [0.05, 0.1) is 0 Å². The minimum absolute atomic E-state index is 0.155. The molecule has 4 amide bonds. The number of carbonyl (C=O) groups excluding carboxylic acids is 3. The summed E-state index contributed by atoms with van der Waals surface area (Å²) >= 11 is 0. The first-order valence-corrected chi connectivity index (χ1v) is 9.63. The first-order valence-electron chi connectivity index (χ1n) is 9.63. The molecule has 3 aromatic rings. The Balaban J connectivity index is 1.31. The van der Waals surface area contributed by atoms with Crippen LogP contribution in [0.3, 0.4) is 0 Å². The highest BCUT2D eigenvalue weighted by atomic mass is 16.2. The summed E-state index contributed by atoms with van der Waals surface area (Å²) in [5.74, 6) is -0.460. The highest BCUT2D eigenvalue weighted by Gasteiger charge is 2.37. The smallest absolute Gasteiger partial charge is 0.324 e. The molecule has 0 bridgehead atoms. The molecule has 1 aromatic heterocycles. The van der Waals surface area contributed by atoms with Crippen LogP contribution >= 0.6 is 0 Å². The number of aromatic amines is 1. The number of benzene rings is 2. The largest absolute Gasteiger partial charge is 0.361 e. The number of imide groups is 1. The second kappa shape index (κ2) is 8.18. The van der Waals surface area contributed by atoms with Crippen LogP contribution < -0.4 is 10.6 Å². The highest BCUT2D eigenvalue weighted by Crippen LogP contribution is 2.20. The predicted molar refractivity (Wildman–Crippen MR) is 110 cm³/mol. The lowest BCUT2D eigenvalue weighted by atomic mass is 10.1. The number of H-pyrrole nitrogens is 1. The molecule has 148 valence electrons. The van der Waals surface area contributed by atoms with E-state index in [1.54, 1.807) is 12.1 Å². The van der Waals surface area contributed by atoms with Crippen LogP contribution in [0.25, 0.3) is 10.9 Å². The Bertz CT molecular complexity index is 1040. The molecule has 7 nitrogen and oxygen atoms in total. The van der Waals surface area contributed by atoms with Gasteiger partial charge in [-0.05, 0) is 36.6 Å². The van der Waals surface area contributed by atoms with Crippen LogP contribution in [0.15, 0.2) is 60.8 Å². The van der Waals surface area contributed by atoms with Crippen molar-refractivity contribution in [1.29, 1.82) is 0 Å². The van der Waals surface area contributed by atoms with Crippen molar-refractivity contribution < 1.29 is 14.4 Å². The molecule has 1 atom stereocenters. The lowest BCUT2D eigenvalue weighted by molar-refractivity contribution is -0.127. The number of rotatable bonds is 7. The molecule has 0 unspecified atom stereocenters. The number of amides is 4. The second-order valence-electron chi connectivity index (χ2n) is 7.05. The van der Waals surface area contributed by atoms with Crippen molar-refractivity contribution in [1.82, 2.24) is 15.2 Å². The summed E-state index contributed by atoms with van der Waals surface area (Å²) < 4.78 is 0. The topological polar surface area (TPSA) is 94.3 Å². The fraction of sp³-hybridized carbons (Fsp3) is 0.227. The summed E-state index contributed by atoms with van der Waals surface area (Å²) in [5.41, 5.74) is 2.80. The van der Waals surface area contributed by atoms with Crippen LogP contribution in [0.5, 0.6) is 0 Å². The Labute approximate surface area is 168 Å². The molecule has 2 aromatic carbocycles. The van der Waals surface area contributed by atoms with Gasteiger partial charge in [-0.2, -0.15) is 0 Å². The molecular weight excluding hydrogens is 368 g/mol. The van der Waals surface area contributed by atoms with E-state index in [2.05, 4.69) is 15.6 Å². The van der Waals surface area contributed by atoms with Gasteiger partial charge in [0.25, 0.3) is 5.91 Å². The van der Waals surface area contributed by atoms with Gasteiger partial charge in [0, 0.05) is 35.8 Å². The first kappa shape index (κ1) is 18.7. The molecule has 1 fully saturated rings. The van der Waals surface area contributed by atoms with Gasteiger partial charge in [0.15, 0.2) is 0 Å². The molecule has 0 aliphatic carbocycles. The Morgan fingerprint density at radius 1 is 1.03 bits per heavy atom. The minimum atomic E-state index is -0.660. The molecule has 1 saturated heterocycles. The van der Waals surface area contributed by atoms with E-state index in [4.69, 9.17) is 0 Å². The molecule has 7 heteroatoms. The zero-order valence-corrected chi connectivity index (χ0v) is 15.9. The molecule has 3 N–H and O–H groups in total. The van der Waals surface area contributed by atoms with Crippen LogP contribution in [0, 0.1) is 0 Å². The molecule has 1 aliphatic rings. The third-order valence-electron chi connectivity index (χ3n) is 5.10. The summed E-state index contributed by atoms with van der Waals surface area (Å²) in [6.45, 7) is 0.305. The number of hydrogen-bond acceptors (Lipinski definition) is 3. The fourth-order valence-electron chi connectivity index (χ4n) is 3.58.